The summed E-state index contributed by atoms with van der Waals surface area (Å²) in [7, 11) is 1.27. The molecule has 2 N–H and O–H groups in total. The van der Waals surface area contributed by atoms with Crippen LogP contribution in [0.4, 0.5) is 10.1 Å². The topological polar surface area (TPSA) is 57.2 Å². The summed E-state index contributed by atoms with van der Waals surface area (Å²) in [5.41, 5.74) is 6.68. The molecule has 0 fully saturated rings. The van der Waals surface area contributed by atoms with Gasteiger partial charge in [0.1, 0.15) is 11.5 Å². The highest BCUT2D eigenvalue weighted by molar-refractivity contribution is 6.30. The van der Waals surface area contributed by atoms with Crippen molar-refractivity contribution in [3.8, 4) is 0 Å². The number of esters is 1. The molecular formula is C13H12ClFN2O2. The molecule has 0 amide bonds. The second-order valence-electron chi connectivity index (χ2n) is 4.01. The lowest BCUT2D eigenvalue weighted by Gasteiger charge is -2.09. The zero-order valence-electron chi connectivity index (χ0n) is 10.2. The molecule has 0 unspecified atom stereocenters. The van der Waals surface area contributed by atoms with Crippen LogP contribution in [0.15, 0.2) is 30.5 Å². The number of ether oxygens (including phenoxy) is 1. The zero-order valence-corrected chi connectivity index (χ0v) is 10.9. The maximum absolute atomic E-state index is 13.7. The van der Waals surface area contributed by atoms with E-state index >= 15 is 0 Å². The van der Waals surface area contributed by atoms with E-state index in [9.17, 15) is 9.18 Å². The number of carbonyl (C=O) groups excluding carboxylic acids is 1. The molecule has 0 saturated heterocycles. The predicted molar refractivity (Wildman–Crippen MR) is 70.7 cm³/mol. The van der Waals surface area contributed by atoms with Crippen LogP contribution in [0.3, 0.4) is 0 Å². The Morgan fingerprint density at radius 2 is 2.21 bits per heavy atom. The van der Waals surface area contributed by atoms with Crippen molar-refractivity contribution < 1.29 is 13.9 Å². The number of hydrogen-bond donors (Lipinski definition) is 1. The number of carbonyl (C=O) groups is 1. The second kappa shape index (κ2) is 5.32. The highest BCUT2D eigenvalue weighted by atomic mass is 35.5. The van der Waals surface area contributed by atoms with E-state index < -0.39 is 11.8 Å². The molecule has 2 aromatic rings. The fourth-order valence-electron chi connectivity index (χ4n) is 1.79. The molecule has 0 spiro atoms. The van der Waals surface area contributed by atoms with Gasteiger partial charge in [-0.05, 0) is 24.3 Å². The summed E-state index contributed by atoms with van der Waals surface area (Å²) < 4.78 is 19.8. The number of halogens is 2. The van der Waals surface area contributed by atoms with Gasteiger partial charge in [0.25, 0.3) is 0 Å². The van der Waals surface area contributed by atoms with Crippen molar-refractivity contribution in [2.45, 2.75) is 6.54 Å². The molecular weight excluding hydrogens is 271 g/mol. The monoisotopic (exact) mass is 282 g/mol. The summed E-state index contributed by atoms with van der Waals surface area (Å²) in [6.45, 7) is 0.147. The first-order valence-electron chi connectivity index (χ1n) is 5.49. The number of hydrogen-bond acceptors (Lipinski definition) is 3. The van der Waals surface area contributed by atoms with E-state index in [1.165, 1.54) is 35.9 Å². The molecule has 0 aliphatic heterocycles. The van der Waals surface area contributed by atoms with Gasteiger partial charge in [-0.15, -0.1) is 0 Å². The van der Waals surface area contributed by atoms with Gasteiger partial charge in [0.05, 0.1) is 19.3 Å². The fourth-order valence-corrected chi connectivity index (χ4v) is 1.98. The van der Waals surface area contributed by atoms with Crippen molar-refractivity contribution in [3.63, 3.8) is 0 Å². The Morgan fingerprint density at radius 1 is 1.47 bits per heavy atom. The molecule has 0 aliphatic rings. The summed E-state index contributed by atoms with van der Waals surface area (Å²) in [5.74, 6) is -0.924. The van der Waals surface area contributed by atoms with Gasteiger partial charge in [0, 0.05) is 16.8 Å². The smallest absolute Gasteiger partial charge is 0.354 e. The lowest BCUT2D eigenvalue weighted by Crippen LogP contribution is -2.11. The van der Waals surface area contributed by atoms with Crippen LogP contribution in [0.25, 0.3) is 0 Å². The predicted octanol–water partition coefficient (Wildman–Crippen LogP) is 2.70. The van der Waals surface area contributed by atoms with Gasteiger partial charge in [-0.2, -0.15) is 0 Å². The number of nitrogens with zero attached hydrogens (tertiary/aromatic N) is 1. The molecule has 1 aromatic carbocycles. The Hall–Kier alpha value is -2.01. The van der Waals surface area contributed by atoms with Crippen molar-refractivity contribution in [2.24, 2.45) is 0 Å². The minimum Gasteiger partial charge on any atom is -0.464 e. The number of aromatic nitrogens is 1. The Labute approximate surface area is 114 Å². The molecule has 0 aliphatic carbocycles. The Bertz CT molecular complexity index is 625. The maximum Gasteiger partial charge on any atom is 0.354 e. The van der Waals surface area contributed by atoms with Crippen LogP contribution >= 0.6 is 11.6 Å². The standard InChI is InChI=1S/C13H12ClFN2O2/c1-19-13(18)12-5-10(16)7-17(12)6-8-4-9(14)2-3-11(8)15/h2-5,7H,6,16H2,1H3. The molecule has 1 aromatic heterocycles. The van der Waals surface area contributed by atoms with Crippen molar-refractivity contribution >= 4 is 23.3 Å². The first-order valence-corrected chi connectivity index (χ1v) is 5.87. The van der Waals surface area contributed by atoms with Crippen LogP contribution < -0.4 is 5.73 Å². The number of anilines is 1. The second-order valence-corrected chi connectivity index (χ2v) is 4.45. The van der Waals surface area contributed by atoms with Gasteiger partial charge < -0.3 is 15.0 Å². The lowest BCUT2D eigenvalue weighted by molar-refractivity contribution is 0.0589. The van der Waals surface area contributed by atoms with Crippen molar-refractivity contribution in [1.29, 1.82) is 0 Å². The molecule has 2 rings (SSSR count). The molecule has 19 heavy (non-hydrogen) atoms. The molecule has 100 valence electrons. The van der Waals surface area contributed by atoms with E-state index in [1.807, 2.05) is 0 Å². The summed E-state index contributed by atoms with van der Waals surface area (Å²) >= 11 is 5.83. The van der Waals surface area contributed by atoms with Gasteiger partial charge in [0.2, 0.25) is 0 Å². The zero-order chi connectivity index (χ0) is 14.0. The van der Waals surface area contributed by atoms with E-state index in [0.29, 0.717) is 16.3 Å². The Balaban J connectivity index is 2.38. The fraction of sp³-hybridized carbons (Fsp3) is 0.154. The van der Waals surface area contributed by atoms with Crippen LogP contribution in [0.1, 0.15) is 16.1 Å². The van der Waals surface area contributed by atoms with Crippen molar-refractivity contribution in [3.05, 3.63) is 52.6 Å². The lowest BCUT2D eigenvalue weighted by atomic mass is 10.2. The summed E-state index contributed by atoms with van der Waals surface area (Å²) in [4.78, 5) is 11.6. The highest BCUT2D eigenvalue weighted by Crippen LogP contribution is 2.19. The summed E-state index contributed by atoms with van der Waals surface area (Å²) in [5, 5.41) is 0.427. The van der Waals surface area contributed by atoms with E-state index in [4.69, 9.17) is 17.3 Å². The van der Waals surface area contributed by atoms with Crippen LogP contribution in [-0.2, 0) is 11.3 Å². The average molecular weight is 283 g/mol. The first kappa shape index (κ1) is 13.4. The van der Waals surface area contributed by atoms with Gasteiger partial charge in [-0.1, -0.05) is 11.6 Å². The quantitative estimate of drug-likeness (QED) is 0.881. The molecule has 6 heteroatoms. The number of methoxy groups -OCH3 is 1. The third-order valence-corrected chi connectivity index (χ3v) is 2.90. The molecule has 1 heterocycles. The first-order chi connectivity index (χ1) is 9.01. The summed E-state index contributed by atoms with van der Waals surface area (Å²) in [6, 6.07) is 5.73. The van der Waals surface area contributed by atoms with Gasteiger partial charge >= 0.3 is 5.97 Å². The highest BCUT2D eigenvalue weighted by Gasteiger charge is 2.14. The normalized spacial score (nSPS) is 10.5. The molecule has 0 bridgehead atoms. The molecule has 0 atom stereocenters. The van der Waals surface area contributed by atoms with Crippen LogP contribution in [0.5, 0.6) is 0 Å². The maximum atomic E-state index is 13.7. The van der Waals surface area contributed by atoms with Crippen LogP contribution in [0, 0.1) is 5.82 Å². The van der Waals surface area contributed by atoms with E-state index in [2.05, 4.69) is 4.74 Å². The van der Waals surface area contributed by atoms with E-state index in [1.54, 1.807) is 6.20 Å². The number of nitrogens with two attached hydrogens (primary N) is 1. The third kappa shape index (κ3) is 2.88. The minimum absolute atomic E-state index is 0.147. The Kier molecular flexibility index (Phi) is 3.76. The summed E-state index contributed by atoms with van der Waals surface area (Å²) in [6.07, 6.45) is 1.55. The van der Waals surface area contributed by atoms with Gasteiger partial charge in [0.15, 0.2) is 0 Å². The van der Waals surface area contributed by atoms with Crippen molar-refractivity contribution in [1.82, 2.24) is 4.57 Å². The van der Waals surface area contributed by atoms with Gasteiger partial charge in [-0.3, -0.25) is 0 Å². The van der Waals surface area contributed by atoms with Crippen LogP contribution in [0.2, 0.25) is 5.02 Å². The molecule has 0 radical (unpaired) electrons. The number of nitrogen functional groups attached to an aromatic ring is 1. The largest absolute Gasteiger partial charge is 0.464 e. The number of rotatable bonds is 3. The van der Waals surface area contributed by atoms with Crippen LogP contribution in [-0.4, -0.2) is 17.6 Å². The minimum atomic E-state index is -0.529. The SMILES string of the molecule is COC(=O)c1cc(N)cn1Cc1cc(Cl)ccc1F. The van der Waals surface area contributed by atoms with E-state index in [0.717, 1.165) is 0 Å². The van der Waals surface area contributed by atoms with E-state index in [-0.39, 0.29) is 12.2 Å². The average Bonchev–Trinajstić information content (AvgIpc) is 2.74. The van der Waals surface area contributed by atoms with Crippen molar-refractivity contribution in [2.75, 3.05) is 12.8 Å². The molecule has 4 nitrogen and oxygen atoms in total. The third-order valence-electron chi connectivity index (χ3n) is 2.66. The Morgan fingerprint density at radius 3 is 2.89 bits per heavy atom. The van der Waals surface area contributed by atoms with Gasteiger partial charge in [-0.25, -0.2) is 9.18 Å². The molecule has 0 saturated carbocycles. The number of benzene rings is 1.